The third-order valence-corrected chi connectivity index (χ3v) is 3.41. The second kappa shape index (κ2) is 7.76. The summed E-state index contributed by atoms with van der Waals surface area (Å²) in [4.78, 5) is 12.0. The summed E-state index contributed by atoms with van der Waals surface area (Å²) >= 11 is 5.77. The molecule has 0 saturated carbocycles. The smallest absolute Gasteiger partial charge is 0.231 e. The maximum Gasteiger partial charge on any atom is 0.231 e. The molecule has 1 N–H and O–H groups in total. The number of carbonyl (C=O) groups excluding carboxylic acids is 1. The van der Waals surface area contributed by atoms with Crippen molar-refractivity contribution in [1.29, 1.82) is 5.26 Å². The van der Waals surface area contributed by atoms with E-state index in [1.165, 1.54) is 0 Å². The zero-order valence-corrected chi connectivity index (χ0v) is 12.5. The number of nitrogens with zero attached hydrogens (tertiary/aromatic N) is 1. The fourth-order valence-electron chi connectivity index (χ4n) is 1.37. The molecule has 1 rings (SSSR count). The number of halogens is 1. The zero-order valence-electron chi connectivity index (χ0n) is 11.8. The Bertz CT molecular complexity index is 495. The van der Waals surface area contributed by atoms with Crippen molar-refractivity contribution in [1.82, 2.24) is 0 Å². The van der Waals surface area contributed by atoms with Crippen LogP contribution in [-0.2, 0) is 4.79 Å². The molecule has 0 heterocycles. The molecule has 20 heavy (non-hydrogen) atoms. The lowest BCUT2D eigenvalue weighted by molar-refractivity contribution is -0.122. The van der Waals surface area contributed by atoms with Crippen molar-refractivity contribution < 1.29 is 9.53 Å². The van der Waals surface area contributed by atoms with Gasteiger partial charge in [0.1, 0.15) is 5.75 Å². The van der Waals surface area contributed by atoms with Gasteiger partial charge >= 0.3 is 0 Å². The number of hydrogen-bond donors (Lipinski definition) is 1. The van der Waals surface area contributed by atoms with Gasteiger partial charge in [0.05, 0.1) is 18.1 Å². The summed E-state index contributed by atoms with van der Waals surface area (Å²) in [5.41, 5.74) is 0.0524. The molecule has 0 aliphatic heterocycles. The molecule has 0 radical (unpaired) electrons. The summed E-state index contributed by atoms with van der Waals surface area (Å²) in [7, 11) is 0. The van der Waals surface area contributed by atoms with Crippen molar-refractivity contribution >= 4 is 23.2 Å². The minimum Gasteiger partial charge on any atom is -0.493 e. The molecular formula is C15H19ClN2O2. The normalized spacial score (nSPS) is 10.7. The van der Waals surface area contributed by atoms with Crippen molar-refractivity contribution in [3.8, 4) is 11.8 Å². The van der Waals surface area contributed by atoms with E-state index >= 15 is 0 Å². The van der Waals surface area contributed by atoms with Gasteiger partial charge in [-0.2, -0.15) is 5.26 Å². The van der Waals surface area contributed by atoms with Crippen molar-refractivity contribution in [2.75, 3.05) is 17.8 Å². The lowest BCUT2D eigenvalue weighted by atomic mass is 9.95. The number of benzene rings is 1. The first-order valence-electron chi connectivity index (χ1n) is 6.47. The van der Waals surface area contributed by atoms with Crippen LogP contribution in [0.15, 0.2) is 24.3 Å². The fourth-order valence-corrected chi connectivity index (χ4v) is 1.49. The van der Waals surface area contributed by atoms with Gasteiger partial charge in [-0.15, -0.1) is 11.6 Å². The van der Waals surface area contributed by atoms with Crippen LogP contribution in [0.5, 0.6) is 5.75 Å². The molecule has 0 atom stereocenters. The SMILES string of the molecule is CC(C)(CCl)C(=O)Nc1cccc(OCCCC#N)c1. The standard InChI is InChI=1S/C15H19ClN2O2/c1-15(2,11-16)14(19)18-12-6-5-7-13(10-12)20-9-4-3-8-17/h5-7,10H,3-4,9,11H2,1-2H3,(H,18,19). The van der Waals surface area contributed by atoms with Gasteiger partial charge in [0.25, 0.3) is 0 Å². The number of amides is 1. The number of nitriles is 1. The number of alkyl halides is 1. The van der Waals surface area contributed by atoms with Crippen LogP contribution in [0.2, 0.25) is 0 Å². The van der Waals surface area contributed by atoms with Crippen LogP contribution in [0.1, 0.15) is 26.7 Å². The van der Waals surface area contributed by atoms with Gasteiger partial charge < -0.3 is 10.1 Å². The summed E-state index contributed by atoms with van der Waals surface area (Å²) in [6, 6.07) is 9.24. The predicted molar refractivity (Wildman–Crippen MR) is 79.9 cm³/mol. The monoisotopic (exact) mass is 294 g/mol. The first-order valence-corrected chi connectivity index (χ1v) is 7.00. The van der Waals surface area contributed by atoms with E-state index in [2.05, 4.69) is 11.4 Å². The van der Waals surface area contributed by atoms with Crippen molar-refractivity contribution in [3.05, 3.63) is 24.3 Å². The highest BCUT2D eigenvalue weighted by atomic mass is 35.5. The molecule has 0 unspecified atom stereocenters. The summed E-state index contributed by atoms with van der Waals surface area (Å²) in [6.45, 7) is 4.06. The Morgan fingerprint density at radius 2 is 2.25 bits per heavy atom. The average Bonchev–Trinajstić information content (AvgIpc) is 2.44. The van der Waals surface area contributed by atoms with E-state index in [1.807, 2.05) is 12.1 Å². The Labute approximate surface area is 124 Å². The predicted octanol–water partition coefficient (Wildman–Crippen LogP) is 3.57. The van der Waals surface area contributed by atoms with E-state index in [0.29, 0.717) is 30.9 Å². The molecule has 0 saturated heterocycles. The zero-order chi connectivity index (χ0) is 15.0. The van der Waals surface area contributed by atoms with Crippen LogP contribution in [0.25, 0.3) is 0 Å². The van der Waals surface area contributed by atoms with Crippen molar-refractivity contribution in [2.24, 2.45) is 5.41 Å². The third kappa shape index (κ3) is 5.10. The topological polar surface area (TPSA) is 62.1 Å². The van der Waals surface area contributed by atoms with E-state index in [0.717, 1.165) is 0 Å². The molecule has 0 aromatic heterocycles. The number of nitrogens with one attached hydrogen (secondary N) is 1. The molecule has 0 fully saturated rings. The van der Waals surface area contributed by atoms with E-state index in [4.69, 9.17) is 21.6 Å². The van der Waals surface area contributed by atoms with E-state index < -0.39 is 5.41 Å². The summed E-state index contributed by atoms with van der Waals surface area (Å²) in [5.74, 6) is 0.793. The van der Waals surface area contributed by atoms with Gasteiger partial charge in [-0.25, -0.2) is 0 Å². The number of anilines is 1. The van der Waals surface area contributed by atoms with Crippen LogP contribution in [0, 0.1) is 16.7 Å². The van der Waals surface area contributed by atoms with Gasteiger partial charge in [0.2, 0.25) is 5.91 Å². The number of rotatable bonds is 7. The average molecular weight is 295 g/mol. The Kier molecular flexibility index (Phi) is 6.33. The summed E-state index contributed by atoms with van der Waals surface area (Å²) in [5, 5.41) is 11.3. The minimum atomic E-state index is -0.620. The van der Waals surface area contributed by atoms with Crippen LogP contribution in [0.3, 0.4) is 0 Å². The summed E-state index contributed by atoms with van der Waals surface area (Å²) in [6.07, 6.45) is 1.16. The molecule has 0 aliphatic rings. The van der Waals surface area contributed by atoms with Crippen LogP contribution in [-0.4, -0.2) is 18.4 Å². The first kappa shape index (κ1) is 16.3. The molecule has 1 aromatic rings. The molecule has 1 aromatic carbocycles. The molecule has 0 spiro atoms. The third-order valence-electron chi connectivity index (χ3n) is 2.74. The number of unbranched alkanes of at least 4 members (excludes halogenated alkanes) is 1. The van der Waals surface area contributed by atoms with Crippen LogP contribution < -0.4 is 10.1 Å². The highest BCUT2D eigenvalue weighted by Crippen LogP contribution is 2.22. The molecule has 0 bridgehead atoms. The molecule has 5 heteroatoms. The first-order chi connectivity index (χ1) is 9.49. The number of carbonyl (C=O) groups is 1. The van der Waals surface area contributed by atoms with Gasteiger partial charge in [-0.05, 0) is 32.4 Å². The van der Waals surface area contributed by atoms with E-state index in [9.17, 15) is 4.79 Å². The molecule has 108 valence electrons. The second-order valence-electron chi connectivity index (χ2n) is 5.11. The van der Waals surface area contributed by atoms with Crippen molar-refractivity contribution in [3.63, 3.8) is 0 Å². The maximum atomic E-state index is 12.0. The Balaban J connectivity index is 2.60. The molecule has 4 nitrogen and oxygen atoms in total. The highest BCUT2D eigenvalue weighted by molar-refractivity contribution is 6.20. The van der Waals surface area contributed by atoms with Crippen molar-refractivity contribution in [2.45, 2.75) is 26.7 Å². The fraction of sp³-hybridized carbons (Fsp3) is 0.467. The summed E-state index contributed by atoms with van der Waals surface area (Å²) < 4.78 is 5.51. The van der Waals surface area contributed by atoms with Gasteiger partial charge in [0, 0.05) is 24.1 Å². The molecular weight excluding hydrogens is 276 g/mol. The Hall–Kier alpha value is -1.73. The van der Waals surface area contributed by atoms with Gasteiger partial charge in [-0.3, -0.25) is 4.79 Å². The van der Waals surface area contributed by atoms with E-state index in [-0.39, 0.29) is 11.8 Å². The lowest BCUT2D eigenvalue weighted by Crippen LogP contribution is -2.32. The van der Waals surface area contributed by atoms with Crippen LogP contribution >= 0.6 is 11.6 Å². The maximum absolute atomic E-state index is 12.0. The second-order valence-corrected chi connectivity index (χ2v) is 5.38. The Morgan fingerprint density at radius 3 is 2.90 bits per heavy atom. The number of ether oxygens (including phenoxy) is 1. The van der Waals surface area contributed by atoms with Gasteiger partial charge in [-0.1, -0.05) is 6.07 Å². The largest absolute Gasteiger partial charge is 0.493 e. The minimum absolute atomic E-state index is 0.130. The Morgan fingerprint density at radius 1 is 1.50 bits per heavy atom. The molecule has 0 aliphatic carbocycles. The molecule has 1 amide bonds. The number of hydrogen-bond acceptors (Lipinski definition) is 3. The quantitative estimate of drug-likeness (QED) is 0.617. The highest BCUT2D eigenvalue weighted by Gasteiger charge is 2.26. The van der Waals surface area contributed by atoms with Gasteiger partial charge in [0.15, 0.2) is 0 Å². The van der Waals surface area contributed by atoms with E-state index in [1.54, 1.807) is 26.0 Å². The lowest BCUT2D eigenvalue weighted by Gasteiger charge is -2.20. The van der Waals surface area contributed by atoms with Crippen LogP contribution in [0.4, 0.5) is 5.69 Å².